The van der Waals surface area contributed by atoms with Gasteiger partial charge < -0.3 is 10.4 Å². The van der Waals surface area contributed by atoms with E-state index in [4.69, 9.17) is 5.11 Å². The molecule has 3 nitrogen and oxygen atoms in total. The molecule has 1 saturated carbocycles. The van der Waals surface area contributed by atoms with Gasteiger partial charge in [0.15, 0.2) is 0 Å². The second-order valence-electron chi connectivity index (χ2n) is 4.30. The van der Waals surface area contributed by atoms with Crippen molar-refractivity contribution in [3.05, 3.63) is 0 Å². The third-order valence-corrected chi connectivity index (χ3v) is 2.35. The fourth-order valence-electron chi connectivity index (χ4n) is 1.31. The molecule has 0 bridgehead atoms. The minimum atomic E-state index is -0.701. The predicted molar refractivity (Wildman–Crippen MR) is 51.7 cm³/mol. The lowest BCUT2D eigenvalue weighted by Gasteiger charge is -2.14. The van der Waals surface area contributed by atoms with Gasteiger partial charge in [0.1, 0.15) is 6.04 Å². The van der Waals surface area contributed by atoms with E-state index in [1.54, 1.807) is 0 Å². The first kappa shape index (κ1) is 10.5. The van der Waals surface area contributed by atoms with Crippen molar-refractivity contribution < 1.29 is 9.90 Å². The maximum absolute atomic E-state index is 10.8. The van der Waals surface area contributed by atoms with Crippen LogP contribution in [0.4, 0.5) is 0 Å². The summed E-state index contributed by atoms with van der Waals surface area (Å²) in [4.78, 5) is 10.8. The van der Waals surface area contributed by atoms with Crippen LogP contribution in [0.1, 0.15) is 39.5 Å². The summed E-state index contributed by atoms with van der Waals surface area (Å²) in [5.74, 6) is -0.115. The molecular weight excluding hydrogens is 166 g/mol. The highest BCUT2D eigenvalue weighted by Crippen LogP contribution is 2.20. The van der Waals surface area contributed by atoms with Gasteiger partial charge in [0, 0.05) is 6.04 Å². The van der Waals surface area contributed by atoms with Crippen molar-refractivity contribution in [1.82, 2.24) is 5.32 Å². The summed E-state index contributed by atoms with van der Waals surface area (Å²) in [5.41, 5.74) is 0. The van der Waals surface area contributed by atoms with Crippen LogP contribution in [0.3, 0.4) is 0 Å². The molecule has 0 aliphatic heterocycles. The first-order valence-corrected chi connectivity index (χ1v) is 5.08. The number of rotatable bonds is 6. The van der Waals surface area contributed by atoms with Crippen molar-refractivity contribution in [2.45, 2.75) is 51.6 Å². The van der Waals surface area contributed by atoms with Gasteiger partial charge in [-0.1, -0.05) is 13.8 Å². The van der Waals surface area contributed by atoms with Crippen LogP contribution in [0, 0.1) is 5.92 Å². The molecule has 76 valence electrons. The molecule has 0 radical (unpaired) electrons. The minimum Gasteiger partial charge on any atom is -0.480 e. The fraction of sp³-hybridized carbons (Fsp3) is 0.900. The zero-order valence-corrected chi connectivity index (χ0v) is 8.42. The number of hydrogen-bond donors (Lipinski definition) is 2. The molecular formula is C10H19NO2. The summed E-state index contributed by atoms with van der Waals surface area (Å²) in [7, 11) is 0. The van der Waals surface area contributed by atoms with Crippen molar-refractivity contribution in [3.8, 4) is 0 Å². The van der Waals surface area contributed by atoms with Gasteiger partial charge in [-0.15, -0.1) is 0 Å². The highest BCUT2D eigenvalue weighted by atomic mass is 16.4. The van der Waals surface area contributed by atoms with Crippen LogP contribution >= 0.6 is 0 Å². The number of nitrogens with one attached hydrogen (secondary N) is 1. The summed E-state index contributed by atoms with van der Waals surface area (Å²) in [6, 6.07) is 0.156. The van der Waals surface area contributed by atoms with Gasteiger partial charge in [0.05, 0.1) is 0 Å². The number of carboxylic acids is 1. The molecule has 1 atom stereocenters. The molecule has 0 aromatic carbocycles. The average Bonchev–Trinajstić information content (AvgIpc) is 2.80. The summed E-state index contributed by atoms with van der Waals surface area (Å²) in [6.45, 7) is 4.24. The third-order valence-electron chi connectivity index (χ3n) is 2.35. The summed E-state index contributed by atoms with van der Waals surface area (Å²) in [6.07, 6.45) is 4.02. The van der Waals surface area contributed by atoms with Gasteiger partial charge >= 0.3 is 5.97 Å². The Morgan fingerprint density at radius 3 is 2.46 bits per heavy atom. The van der Waals surface area contributed by atoms with Crippen molar-refractivity contribution in [3.63, 3.8) is 0 Å². The molecule has 1 rings (SSSR count). The van der Waals surface area contributed by atoms with Gasteiger partial charge in [0.25, 0.3) is 0 Å². The molecule has 1 fully saturated rings. The lowest BCUT2D eigenvalue weighted by atomic mass is 10.0. The topological polar surface area (TPSA) is 49.3 Å². The lowest BCUT2D eigenvalue weighted by Crippen LogP contribution is -2.38. The van der Waals surface area contributed by atoms with Crippen LogP contribution < -0.4 is 5.32 Å². The Kier molecular flexibility index (Phi) is 3.72. The Hall–Kier alpha value is -0.570. The van der Waals surface area contributed by atoms with E-state index in [9.17, 15) is 4.79 Å². The smallest absolute Gasteiger partial charge is 0.320 e. The SMILES string of the molecule is CC(C)CCC(NC1CC1)C(=O)O. The van der Waals surface area contributed by atoms with Gasteiger partial charge in [-0.25, -0.2) is 0 Å². The van der Waals surface area contributed by atoms with Gasteiger partial charge in [-0.3, -0.25) is 4.79 Å². The van der Waals surface area contributed by atoms with E-state index in [1.807, 2.05) is 0 Å². The molecule has 0 heterocycles. The highest BCUT2D eigenvalue weighted by Gasteiger charge is 2.27. The molecule has 3 heteroatoms. The average molecular weight is 185 g/mol. The van der Waals surface area contributed by atoms with Crippen LogP contribution in [0.5, 0.6) is 0 Å². The fourth-order valence-corrected chi connectivity index (χ4v) is 1.31. The first-order valence-electron chi connectivity index (χ1n) is 5.08. The Labute approximate surface area is 79.5 Å². The molecule has 0 amide bonds. The first-order chi connectivity index (χ1) is 6.09. The van der Waals surface area contributed by atoms with E-state index >= 15 is 0 Å². The Bertz CT molecular complexity index is 176. The number of hydrogen-bond acceptors (Lipinski definition) is 2. The molecule has 0 spiro atoms. The third kappa shape index (κ3) is 4.27. The van der Waals surface area contributed by atoms with Gasteiger partial charge in [-0.2, -0.15) is 0 Å². The minimum absolute atomic E-state index is 0.324. The largest absolute Gasteiger partial charge is 0.480 e. The second-order valence-corrected chi connectivity index (χ2v) is 4.30. The van der Waals surface area contributed by atoms with E-state index in [0.717, 1.165) is 25.7 Å². The molecule has 0 saturated heterocycles. The molecule has 2 N–H and O–H groups in total. The van der Waals surface area contributed by atoms with Crippen molar-refractivity contribution in [2.75, 3.05) is 0 Å². The van der Waals surface area contributed by atoms with E-state index in [2.05, 4.69) is 19.2 Å². The zero-order valence-electron chi connectivity index (χ0n) is 8.42. The second kappa shape index (κ2) is 4.61. The summed E-state index contributed by atoms with van der Waals surface area (Å²) >= 11 is 0. The van der Waals surface area contributed by atoms with Crippen LogP contribution in [0.2, 0.25) is 0 Å². The van der Waals surface area contributed by atoms with Crippen molar-refractivity contribution in [2.24, 2.45) is 5.92 Å². The van der Waals surface area contributed by atoms with Gasteiger partial charge in [0.2, 0.25) is 0 Å². The van der Waals surface area contributed by atoms with E-state index in [0.29, 0.717) is 12.0 Å². The maximum atomic E-state index is 10.8. The lowest BCUT2D eigenvalue weighted by molar-refractivity contribution is -0.139. The number of carboxylic acid groups (broad SMARTS) is 1. The highest BCUT2D eigenvalue weighted by molar-refractivity contribution is 5.73. The van der Waals surface area contributed by atoms with Crippen LogP contribution in [-0.2, 0) is 4.79 Å². The van der Waals surface area contributed by atoms with E-state index in [-0.39, 0.29) is 6.04 Å². The number of aliphatic carboxylic acids is 1. The Morgan fingerprint density at radius 2 is 2.08 bits per heavy atom. The molecule has 0 aromatic heterocycles. The van der Waals surface area contributed by atoms with Crippen LogP contribution in [0.25, 0.3) is 0 Å². The number of carbonyl (C=O) groups is 1. The molecule has 1 unspecified atom stereocenters. The van der Waals surface area contributed by atoms with Crippen molar-refractivity contribution >= 4 is 5.97 Å². The monoisotopic (exact) mass is 185 g/mol. The van der Waals surface area contributed by atoms with E-state index < -0.39 is 5.97 Å². The Morgan fingerprint density at radius 1 is 1.46 bits per heavy atom. The van der Waals surface area contributed by atoms with E-state index in [1.165, 1.54) is 0 Å². The van der Waals surface area contributed by atoms with Crippen molar-refractivity contribution in [1.29, 1.82) is 0 Å². The predicted octanol–water partition coefficient (Wildman–Crippen LogP) is 1.63. The summed E-state index contributed by atoms with van der Waals surface area (Å²) < 4.78 is 0. The zero-order chi connectivity index (χ0) is 9.84. The van der Waals surface area contributed by atoms with Crippen LogP contribution in [0.15, 0.2) is 0 Å². The standard InChI is InChI=1S/C10H19NO2/c1-7(2)3-6-9(10(12)13)11-8-4-5-8/h7-9,11H,3-6H2,1-2H3,(H,12,13). The molecule has 1 aliphatic rings. The quantitative estimate of drug-likeness (QED) is 0.661. The Balaban J connectivity index is 2.24. The molecule has 13 heavy (non-hydrogen) atoms. The maximum Gasteiger partial charge on any atom is 0.320 e. The summed E-state index contributed by atoms with van der Waals surface area (Å²) in [5, 5.41) is 12.0. The molecule has 0 aromatic rings. The van der Waals surface area contributed by atoms with Crippen LogP contribution in [-0.4, -0.2) is 23.2 Å². The van der Waals surface area contributed by atoms with Gasteiger partial charge in [-0.05, 0) is 31.6 Å². The molecule has 1 aliphatic carbocycles. The normalized spacial score (nSPS) is 19.0.